The second-order valence-electron chi connectivity index (χ2n) is 8.30. The summed E-state index contributed by atoms with van der Waals surface area (Å²) in [6.07, 6.45) is 4.92. The Morgan fingerprint density at radius 2 is 1.75 bits per heavy atom. The predicted molar refractivity (Wildman–Crippen MR) is 114 cm³/mol. The van der Waals surface area contributed by atoms with E-state index in [2.05, 4.69) is 18.7 Å². The molecule has 0 N–H and O–H groups in total. The first-order valence-corrected chi connectivity index (χ1v) is 11.7. The highest BCUT2D eigenvalue weighted by atomic mass is 32.2. The van der Waals surface area contributed by atoms with Gasteiger partial charge in [-0.15, -0.1) is 0 Å². The van der Waals surface area contributed by atoms with Crippen molar-refractivity contribution in [1.29, 1.82) is 0 Å². The minimum absolute atomic E-state index is 0.0135. The van der Waals surface area contributed by atoms with Crippen LogP contribution >= 0.6 is 0 Å². The van der Waals surface area contributed by atoms with E-state index in [1.807, 2.05) is 37.3 Å². The van der Waals surface area contributed by atoms with Gasteiger partial charge in [0.1, 0.15) is 0 Å². The Morgan fingerprint density at radius 1 is 1.04 bits per heavy atom. The lowest BCUT2D eigenvalue weighted by atomic mass is 9.82. The number of benzene rings is 2. The van der Waals surface area contributed by atoms with Crippen molar-refractivity contribution in [1.82, 2.24) is 4.31 Å². The maximum Gasteiger partial charge on any atom is 0.243 e. The summed E-state index contributed by atoms with van der Waals surface area (Å²) in [6.45, 7) is 6.84. The maximum absolute atomic E-state index is 13.6. The molecule has 148 valence electrons. The normalized spacial score (nSPS) is 26.0. The fourth-order valence-corrected chi connectivity index (χ4v) is 6.70. The van der Waals surface area contributed by atoms with E-state index < -0.39 is 10.0 Å². The van der Waals surface area contributed by atoms with Gasteiger partial charge < -0.3 is 0 Å². The Kier molecular flexibility index (Phi) is 5.44. The average molecular weight is 396 g/mol. The Balaban J connectivity index is 1.75. The number of aryl methyl sites for hydroxylation is 1. The van der Waals surface area contributed by atoms with Crippen LogP contribution in [0.3, 0.4) is 0 Å². The van der Waals surface area contributed by atoms with Crippen molar-refractivity contribution in [3.63, 3.8) is 0 Å². The lowest BCUT2D eigenvalue weighted by molar-refractivity contribution is 0.232. The molecule has 1 saturated heterocycles. The number of hydrogen-bond donors (Lipinski definition) is 0. The monoisotopic (exact) mass is 395 g/mol. The molecule has 0 bridgehead atoms. The number of fused-ring (bicyclic) bond motifs is 1. The Hall–Kier alpha value is -1.91. The zero-order valence-corrected chi connectivity index (χ0v) is 17.4. The number of sulfonamides is 1. The standard InChI is InChI=1S/C24H29NO2S/c1-18-11-13-21(14-12-18)28(26,27)25-16-15-19(2)22-9-6-10-23(22)24(25)17-20-7-4-3-5-8-20/h3-5,7-8,11-14,22-24H,2,6,9-10,15-17H2,1H3/t22-,23-,24+/m1/s1. The van der Waals surface area contributed by atoms with Gasteiger partial charge in [0.2, 0.25) is 10.0 Å². The van der Waals surface area contributed by atoms with Gasteiger partial charge in [0, 0.05) is 12.6 Å². The summed E-state index contributed by atoms with van der Waals surface area (Å²) in [6, 6.07) is 17.6. The van der Waals surface area contributed by atoms with Crippen molar-refractivity contribution in [3.05, 3.63) is 77.9 Å². The van der Waals surface area contributed by atoms with Gasteiger partial charge in [-0.3, -0.25) is 0 Å². The summed E-state index contributed by atoms with van der Waals surface area (Å²) in [5.41, 5.74) is 3.51. The molecule has 2 aliphatic rings. The van der Waals surface area contributed by atoms with Crippen molar-refractivity contribution in [2.75, 3.05) is 6.54 Å². The van der Waals surface area contributed by atoms with Crippen LogP contribution in [0.25, 0.3) is 0 Å². The van der Waals surface area contributed by atoms with Crippen LogP contribution in [0.15, 0.2) is 71.6 Å². The molecule has 2 aromatic carbocycles. The van der Waals surface area contributed by atoms with Gasteiger partial charge >= 0.3 is 0 Å². The van der Waals surface area contributed by atoms with Crippen molar-refractivity contribution < 1.29 is 8.42 Å². The highest BCUT2D eigenvalue weighted by molar-refractivity contribution is 7.89. The summed E-state index contributed by atoms with van der Waals surface area (Å²) in [5, 5.41) is 0. The molecule has 3 nitrogen and oxygen atoms in total. The van der Waals surface area contributed by atoms with Gasteiger partial charge in [0.25, 0.3) is 0 Å². The summed E-state index contributed by atoms with van der Waals surface area (Å²) >= 11 is 0. The minimum Gasteiger partial charge on any atom is -0.207 e. The molecule has 0 amide bonds. The van der Waals surface area contributed by atoms with E-state index in [1.165, 1.54) is 11.1 Å². The van der Waals surface area contributed by atoms with Gasteiger partial charge in [-0.25, -0.2) is 8.42 Å². The quantitative estimate of drug-likeness (QED) is 0.685. The van der Waals surface area contributed by atoms with Gasteiger partial charge in [-0.1, -0.05) is 66.6 Å². The topological polar surface area (TPSA) is 37.4 Å². The molecule has 0 spiro atoms. The first-order valence-electron chi connectivity index (χ1n) is 10.3. The SMILES string of the molecule is C=C1CCN(S(=O)(=O)c2ccc(C)cc2)[C@@H](Cc2ccccc2)[C@@H]2CCC[C@H]12. The van der Waals surface area contributed by atoms with E-state index in [4.69, 9.17) is 0 Å². The zero-order chi connectivity index (χ0) is 19.7. The van der Waals surface area contributed by atoms with Gasteiger partial charge in [-0.05, 0) is 62.1 Å². The van der Waals surface area contributed by atoms with Crippen LogP contribution < -0.4 is 0 Å². The van der Waals surface area contributed by atoms with Crippen LogP contribution in [0.4, 0.5) is 0 Å². The smallest absolute Gasteiger partial charge is 0.207 e. The molecule has 1 heterocycles. The summed E-state index contributed by atoms with van der Waals surface area (Å²) in [5.74, 6) is 0.808. The van der Waals surface area contributed by atoms with Crippen molar-refractivity contribution >= 4 is 10.0 Å². The second-order valence-corrected chi connectivity index (χ2v) is 10.2. The molecule has 1 saturated carbocycles. The van der Waals surface area contributed by atoms with Crippen molar-refractivity contribution in [2.45, 2.75) is 50.0 Å². The molecule has 4 rings (SSSR count). The van der Waals surface area contributed by atoms with Crippen LogP contribution in [0, 0.1) is 18.8 Å². The molecule has 2 fully saturated rings. The second kappa shape index (κ2) is 7.84. The molecule has 28 heavy (non-hydrogen) atoms. The van der Waals surface area contributed by atoms with Crippen LogP contribution in [-0.4, -0.2) is 25.3 Å². The predicted octanol–water partition coefficient (Wildman–Crippen LogP) is 4.97. The van der Waals surface area contributed by atoms with Gasteiger partial charge in [0.15, 0.2) is 0 Å². The molecular formula is C24H29NO2S. The van der Waals surface area contributed by atoms with E-state index in [-0.39, 0.29) is 6.04 Å². The molecule has 1 aliphatic heterocycles. The number of nitrogens with zero attached hydrogens (tertiary/aromatic N) is 1. The Bertz CT molecular complexity index is 934. The van der Waals surface area contributed by atoms with E-state index in [1.54, 1.807) is 16.4 Å². The van der Waals surface area contributed by atoms with E-state index in [9.17, 15) is 8.42 Å². The highest BCUT2D eigenvalue weighted by Gasteiger charge is 2.44. The summed E-state index contributed by atoms with van der Waals surface area (Å²) < 4.78 is 29.1. The van der Waals surface area contributed by atoms with Crippen molar-refractivity contribution in [3.8, 4) is 0 Å². The molecule has 4 heteroatoms. The summed E-state index contributed by atoms with van der Waals surface area (Å²) in [4.78, 5) is 0.401. The average Bonchev–Trinajstić information content (AvgIpc) is 3.13. The molecule has 2 aromatic rings. The third kappa shape index (κ3) is 3.68. The number of hydrogen-bond acceptors (Lipinski definition) is 2. The van der Waals surface area contributed by atoms with E-state index in [0.29, 0.717) is 23.3 Å². The lowest BCUT2D eigenvalue weighted by Gasteiger charge is -2.34. The Labute approximate surface area is 169 Å². The summed E-state index contributed by atoms with van der Waals surface area (Å²) in [7, 11) is -3.54. The van der Waals surface area contributed by atoms with Crippen LogP contribution in [0.2, 0.25) is 0 Å². The van der Waals surface area contributed by atoms with Crippen LogP contribution in [0.5, 0.6) is 0 Å². The fraction of sp³-hybridized carbons (Fsp3) is 0.417. The van der Waals surface area contributed by atoms with E-state index >= 15 is 0 Å². The number of rotatable bonds is 4. The third-order valence-corrected chi connectivity index (χ3v) is 8.47. The molecule has 0 aromatic heterocycles. The first-order chi connectivity index (χ1) is 13.5. The minimum atomic E-state index is -3.54. The van der Waals surface area contributed by atoms with Crippen molar-refractivity contribution in [2.24, 2.45) is 11.8 Å². The first kappa shape index (κ1) is 19.4. The molecule has 1 aliphatic carbocycles. The molecule has 0 unspecified atom stereocenters. The van der Waals surface area contributed by atoms with Crippen LogP contribution in [0.1, 0.15) is 36.8 Å². The lowest BCUT2D eigenvalue weighted by Crippen LogP contribution is -2.45. The highest BCUT2D eigenvalue weighted by Crippen LogP contribution is 2.45. The Morgan fingerprint density at radius 3 is 2.46 bits per heavy atom. The fourth-order valence-electron chi connectivity index (χ4n) is 5.03. The van der Waals surface area contributed by atoms with E-state index in [0.717, 1.165) is 37.7 Å². The maximum atomic E-state index is 13.6. The molecule has 3 atom stereocenters. The van der Waals surface area contributed by atoms with Gasteiger partial charge in [0.05, 0.1) is 4.90 Å². The zero-order valence-electron chi connectivity index (χ0n) is 16.5. The van der Waals surface area contributed by atoms with Crippen LogP contribution in [-0.2, 0) is 16.4 Å². The molecular weight excluding hydrogens is 366 g/mol. The van der Waals surface area contributed by atoms with Gasteiger partial charge in [-0.2, -0.15) is 4.31 Å². The largest absolute Gasteiger partial charge is 0.243 e. The third-order valence-electron chi connectivity index (χ3n) is 6.53. The molecule has 0 radical (unpaired) electrons.